The normalized spacial score (nSPS) is 13.4. The Balaban J connectivity index is 2.67. The summed E-state index contributed by atoms with van der Waals surface area (Å²) in [5, 5.41) is 7.75. The van der Waals surface area contributed by atoms with E-state index in [2.05, 4.69) is 42.4 Å². The summed E-state index contributed by atoms with van der Waals surface area (Å²) >= 11 is 0. The van der Waals surface area contributed by atoms with Crippen molar-refractivity contribution in [2.45, 2.75) is 19.4 Å². The molecular formula is C11H22N4. The van der Waals surface area contributed by atoms with E-state index in [9.17, 15) is 0 Å². The lowest BCUT2D eigenvalue weighted by Crippen LogP contribution is -2.33. The molecule has 1 aromatic heterocycles. The minimum Gasteiger partial charge on any atom is -0.308 e. The SMILES string of the molecule is CCCNC(CN(C)C)c1ccnn1C. The van der Waals surface area contributed by atoms with E-state index in [1.165, 1.54) is 5.69 Å². The topological polar surface area (TPSA) is 33.1 Å². The highest BCUT2D eigenvalue weighted by atomic mass is 15.3. The van der Waals surface area contributed by atoms with Crippen LogP contribution in [0.1, 0.15) is 25.1 Å². The molecule has 0 saturated carbocycles. The van der Waals surface area contributed by atoms with Crippen molar-refractivity contribution in [1.29, 1.82) is 0 Å². The minimum absolute atomic E-state index is 0.368. The predicted octanol–water partition coefficient (Wildman–Crippen LogP) is 1.02. The highest BCUT2D eigenvalue weighted by Gasteiger charge is 2.14. The van der Waals surface area contributed by atoms with Crippen LogP contribution in [0.4, 0.5) is 0 Å². The van der Waals surface area contributed by atoms with Gasteiger partial charge in [-0.15, -0.1) is 0 Å². The smallest absolute Gasteiger partial charge is 0.0620 e. The van der Waals surface area contributed by atoms with E-state index in [0.717, 1.165) is 19.5 Å². The van der Waals surface area contributed by atoms with E-state index < -0.39 is 0 Å². The average molecular weight is 210 g/mol. The van der Waals surface area contributed by atoms with E-state index in [4.69, 9.17) is 0 Å². The maximum atomic E-state index is 4.21. The van der Waals surface area contributed by atoms with Crippen LogP contribution in [0.5, 0.6) is 0 Å². The van der Waals surface area contributed by atoms with Crippen molar-refractivity contribution in [2.24, 2.45) is 7.05 Å². The van der Waals surface area contributed by atoms with Gasteiger partial charge >= 0.3 is 0 Å². The molecule has 4 heteroatoms. The van der Waals surface area contributed by atoms with E-state index in [0.29, 0.717) is 6.04 Å². The fourth-order valence-electron chi connectivity index (χ4n) is 1.67. The quantitative estimate of drug-likeness (QED) is 0.761. The molecule has 0 amide bonds. The van der Waals surface area contributed by atoms with Crippen molar-refractivity contribution < 1.29 is 0 Å². The molecule has 1 aromatic rings. The molecular weight excluding hydrogens is 188 g/mol. The summed E-state index contributed by atoms with van der Waals surface area (Å²) in [5.74, 6) is 0. The zero-order valence-corrected chi connectivity index (χ0v) is 10.2. The molecule has 1 N–H and O–H groups in total. The highest BCUT2D eigenvalue weighted by Crippen LogP contribution is 2.12. The molecule has 1 unspecified atom stereocenters. The van der Waals surface area contributed by atoms with Gasteiger partial charge in [0.2, 0.25) is 0 Å². The molecule has 0 aliphatic carbocycles. The number of rotatable bonds is 6. The first-order valence-electron chi connectivity index (χ1n) is 5.51. The second kappa shape index (κ2) is 5.88. The van der Waals surface area contributed by atoms with E-state index in [1.54, 1.807) is 0 Å². The van der Waals surface area contributed by atoms with Crippen LogP contribution < -0.4 is 5.32 Å². The second-order valence-electron chi connectivity index (χ2n) is 4.15. The Morgan fingerprint density at radius 3 is 2.73 bits per heavy atom. The lowest BCUT2D eigenvalue weighted by atomic mass is 10.2. The van der Waals surface area contributed by atoms with Gasteiger partial charge < -0.3 is 10.2 Å². The third kappa shape index (κ3) is 3.64. The molecule has 4 nitrogen and oxygen atoms in total. The molecule has 1 heterocycles. The molecule has 86 valence electrons. The molecule has 15 heavy (non-hydrogen) atoms. The van der Waals surface area contributed by atoms with Gasteiger partial charge in [0.15, 0.2) is 0 Å². The van der Waals surface area contributed by atoms with Gasteiger partial charge in [0, 0.05) is 19.8 Å². The summed E-state index contributed by atoms with van der Waals surface area (Å²) in [6.45, 7) is 4.23. The molecule has 1 rings (SSSR count). The Kier molecular flexibility index (Phi) is 4.78. The van der Waals surface area contributed by atoms with Crippen LogP contribution in [0.15, 0.2) is 12.3 Å². The summed E-state index contributed by atoms with van der Waals surface area (Å²) in [6, 6.07) is 2.45. The fourth-order valence-corrected chi connectivity index (χ4v) is 1.67. The maximum Gasteiger partial charge on any atom is 0.0620 e. The van der Waals surface area contributed by atoms with E-state index >= 15 is 0 Å². The van der Waals surface area contributed by atoms with Crippen molar-refractivity contribution in [3.63, 3.8) is 0 Å². The lowest BCUT2D eigenvalue weighted by molar-refractivity contribution is 0.332. The van der Waals surface area contributed by atoms with Crippen molar-refractivity contribution >= 4 is 0 Å². The van der Waals surface area contributed by atoms with Crippen LogP contribution in [0.2, 0.25) is 0 Å². The summed E-state index contributed by atoms with van der Waals surface area (Å²) in [4.78, 5) is 2.19. The second-order valence-corrected chi connectivity index (χ2v) is 4.15. The van der Waals surface area contributed by atoms with Gasteiger partial charge in [-0.1, -0.05) is 6.92 Å². The van der Waals surface area contributed by atoms with Gasteiger partial charge in [-0.3, -0.25) is 4.68 Å². The summed E-state index contributed by atoms with van der Waals surface area (Å²) in [5.41, 5.74) is 1.25. The number of nitrogens with zero attached hydrogens (tertiary/aromatic N) is 3. The molecule has 0 fully saturated rings. The van der Waals surface area contributed by atoms with Gasteiger partial charge in [0.25, 0.3) is 0 Å². The van der Waals surface area contributed by atoms with Crippen LogP contribution in [-0.2, 0) is 7.05 Å². The number of aromatic nitrogens is 2. The van der Waals surface area contributed by atoms with E-state index in [-0.39, 0.29) is 0 Å². The van der Waals surface area contributed by atoms with Crippen LogP contribution in [0, 0.1) is 0 Å². The Labute approximate surface area is 92.3 Å². The van der Waals surface area contributed by atoms with Gasteiger partial charge in [-0.05, 0) is 33.1 Å². The molecule has 1 atom stereocenters. The van der Waals surface area contributed by atoms with Gasteiger partial charge in [-0.25, -0.2) is 0 Å². The van der Waals surface area contributed by atoms with Gasteiger partial charge in [0.05, 0.1) is 11.7 Å². The number of aryl methyl sites for hydroxylation is 1. The van der Waals surface area contributed by atoms with Gasteiger partial charge in [-0.2, -0.15) is 5.10 Å². The average Bonchev–Trinajstić information content (AvgIpc) is 2.58. The molecule has 0 saturated heterocycles. The van der Waals surface area contributed by atoms with Crippen LogP contribution in [-0.4, -0.2) is 41.9 Å². The molecule has 0 radical (unpaired) electrons. The minimum atomic E-state index is 0.368. The molecule has 0 aliphatic rings. The van der Waals surface area contributed by atoms with Crippen molar-refractivity contribution in [2.75, 3.05) is 27.2 Å². The number of hydrogen-bond donors (Lipinski definition) is 1. The molecule has 0 aromatic carbocycles. The maximum absolute atomic E-state index is 4.21. The zero-order chi connectivity index (χ0) is 11.3. The van der Waals surface area contributed by atoms with Crippen molar-refractivity contribution in [3.8, 4) is 0 Å². The first kappa shape index (κ1) is 12.2. The fraction of sp³-hybridized carbons (Fsp3) is 0.727. The standard InChI is InChI=1S/C11H22N4/c1-5-7-12-10(9-14(2)3)11-6-8-13-15(11)4/h6,8,10,12H,5,7,9H2,1-4H3. The molecule has 0 bridgehead atoms. The third-order valence-corrected chi connectivity index (χ3v) is 2.40. The number of hydrogen-bond acceptors (Lipinski definition) is 3. The number of nitrogens with one attached hydrogen (secondary N) is 1. The van der Waals surface area contributed by atoms with Gasteiger partial charge in [0.1, 0.15) is 0 Å². The van der Waals surface area contributed by atoms with E-state index in [1.807, 2.05) is 17.9 Å². The Hall–Kier alpha value is -0.870. The Bertz CT molecular complexity index is 280. The van der Waals surface area contributed by atoms with Crippen LogP contribution in [0.25, 0.3) is 0 Å². The van der Waals surface area contributed by atoms with Crippen molar-refractivity contribution in [3.05, 3.63) is 18.0 Å². The summed E-state index contributed by atoms with van der Waals surface area (Å²) in [7, 11) is 6.18. The van der Waals surface area contributed by atoms with Crippen LogP contribution >= 0.6 is 0 Å². The monoisotopic (exact) mass is 210 g/mol. The van der Waals surface area contributed by atoms with Crippen LogP contribution in [0.3, 0.4) is 0 Å². The molecule has 0 aliphatic heterocycles. The lowest BCUT2D eigenvalue weighted by Gasteiger charge is -2.22. The number of likely N-dealkylation sites (N-methyl/N-ethyl adjacent to an activating group) is 1. The summed E-state index contributed by atoms with van der Waals surface area (Å²) < 4.78 is 1.94. The van der Waals surface area contributed by atoms with Crippen molar-refractivity contribution in [1.82, 2.24) is 20.0 Å². The first-order valence-corrected chi connectivity index (χ1v) is 5.51. The Morgan fingerprint density at radius 2 is 2.27 bits per heavy atom. The summed E-state index contributed by atoms with van der Waals surface area (Å²) in [6.07, 6.45) is 3.01. The zero-order valence-electron chi connectivity index (χ0n) is 10.2. The highest BCUT2D eigenvalue weighted by molar-refractivity contribution is 5.07. The Morgan fingerprint density at radius 1 is 1.53 bits per heavy atom. The molecule has 0 spiro atoms. The largest absolute Gasteiger partial charge is 0.308 e. The third-order valence-electron chi connectivity index (χ3n) is 2.40. The predicted molar refractivity (Wildman–Crippen MR) is 62.8 cm³/mol. The first-order chi connectivity index (χ1) is 7.15.